The van der Waals surface area contributed by atoms with E-state index in [0.29, 0.717) is 0 Å². The monoisotopic (exact) mass is 126 g/mol. The lowest BCUT2D eigenvalue weighted by molar-refractivity contribution is -0.114. The third kappa shape index (κ3) is 1.82. The van der Waals surface area contributed by atoms with Gasteiger partial charge in [0.15, 0.2) is 5.57 Å². The highest BCUT2D eigenvalue weighted by atomic mass is 16.3. The third-order valence-electron chi connectivity index (χ3n) is 0.720. The number of aliphatic hydroxyl groups excluding tert-OH is 1. The van der Waals surface area contributed by atoms with Crippen LogP contribution in [0.3, 0.4) is 0 Å². The Bertz CT molecular complexity index is 195. The van der Waals surface area contributed by atoms with Crippen LogP contribution in [0, 0.1) is 11.3 Å². The molecule has 0 spiro atoms. The fraction of sp³-hybridized carbons (Fsp3) is 0.200. The molecule has 0 atom stereocenters. The average molecular weight is 126 g/mol. The molecule has 4 heteroatoms. The van der Waals surface area contributed by atoms with E-state index in [2.05, 4.69) is 5.73 Å². The molecular weight excluding hydrogens is 120 g/mol. The lowest BCUT2D eigenvalue weighted by Gasteiger charge is -1.89. The average Bonchev–Trinajstić information content (AvgIpc) is 1.64. The molecule has 0 saturated carbocycles. The zero-order valence-electron chi connectivity index (χ0n) is 4.88. The van der Waals surface area contributed by atoms with E-state index >= 15 is 0 Å². The Hall–Kier alpha value is -1.50. The van der Waals surface area contributed by atoms with Gasteiger partial charge in [-0.05, 0) is 6.92 Å². The second kappa shape index (κ2) is 2.72. The Labute approximate surface area is 52.2 Å². The van der Waals surface area contributed by atoms with E-state index in [-0.39, 0.29) is 5.76 Å². The molecule has 0 rings (SSSR count). The van der Waals surface area contributed by atoms with Gasteiger partial charge >= 0.3 is 0 Å². The molecule has 4 nitrogen and oxygen atoms in total. The van der Waals surface area contributed by atoms with E-state index in [9.17, 15) is 4.79 Å². The molecule has 0 aliphatic heterocycles. The molecule has 0 aliphatic rings. The number of aliphatic hydroxyl groups is 1. The first kappa shape index (κ1) is 7.50. The van der Waals surface area contributed by atoms with Crippen molar-refractivity contribution in [2.75, 3.05) is 0 Å². The van der Waals surface area contributed by atoms with Gasteiger partial charge in [0, 0.05) is 0 Å². The fourth-order valence-electron chi connectivity index (χ4n) is 0.314. The maximum atomic E-state index is 10.2. The van der Waals surface area contributed by atoms with Crippen LogP contribution in [0.25, 0.3) is 0 Å². The van der Waals surface area contributed by atoms with Gasteiger partial charge in [0.1, 0.15) is 11.8 Å². The number of nitrogens with two attached hydrogens (primary N) is 1. The molecule has 0 unspecified atom stereocenters. The summed E-state index contributed by atoms with van der Waals surface area (Å²) < 4.78 is 0. The van der Waals surface area contributed by atoms with Crippen molar-refractivity contribution in [3.63, 3.8) is 0 Å². The van der Waals surface area contributed by atoms with E-state index in [1.807, 2.05) is 0 Å². The van der Waals surface area contributed by atoms with Crippen LogP contribution in [-0.4, -0.2) is 11.0 Å². The van der Waals surface area contributed by atoms with Crippen molar-refractivity contribution in [3.8, 4) is 6.07 Å². The summed E-state index contributed by atoms with van der Waals surface area (Å²) in [5.74, 6) is -1.25. The van der Waals surface area contributed by atoms with Gasteiger partial charge in [0.25, 0.3) is 5.91 Å². The van der Waals surface area contributed by atoms with Crippen LogP contribution in [0.2, 0.25) is 0 Å². The first-order valence-corrected chi connectivity index (χ1v) is 2.19. The molecule has 9 heavy (non-hydrogen) atoms. The predicted molar refractivity (Wildman–Crippen MR) is 30.1 cm³/mol. The number of nitrogens with zero attached hydrogens (tertiary/aromatic N) is 1. The summed E-state index contributed by atoms with van der Waals surface area (Å²) in [6.07, 6.45) is 0. The number of amides is 1. The summed E-state index contributed by atoms with van der Waals surface area (Å²) in [6, 6.07) is 1.46. The minimum Gasteiger partial charge on any atom is -0.511 e. The van der Waals surface area contributed by atoms with E-state index in [4.69, 9.17) is 10.4 Å². The van der Waals surface area contributed by atoms with Gasteiger partial charge in [-0.15, -0.1) is 0 Å². The van der Waals surface area contributed by atoms with Crippen molar-refractivity contribution in [2.24, 2.45) is 5.73 Å². The standard InChI is InChI=1S/C5H6N2O2/c1-3(8)4(2-6)5(7)9/h8H,1H3,(H2,7,9). The van der Waals surface area contributed by atoms with Crippen LogP contribution in [0.4, 0.5) is 0 Å². The second-order valence-corrected chi connectivity index (χ2v) is 1.44. The van der Waals surface area contributed by atoms with Gasteiger partial charge in [-0.2, -0.15) is 5.26 Å². The zero-order valence-corrected chi connectivity index (χ0v) is 4.88. The van der Waals surface area contributed by atoms with Crippen molar-refractivity contribution < 1.29 is 9.90 Å². The van der Waals surface area contributed by atoms with Crippen molar-refractivity contribution in [1.82, 2.24) is 0 Å². The number of rotatable bonds is 1. The number of carbonyl (C=O) groups excluding carboxylic acids is 1. The zero-order chi connectivity index (χ0) is 7.44. The van der Waals surface area contributed by atoms with Crippen molar-refractivity contribution in [1.29, 1.82) is 5.26 Å². The minimum atomic E-state index is -0.905. The maximum Gasteiger partial charge on any atom is 0.262 e. The molecule has 0 aromatic heterocycles. The van der Waals surface area contributed by atoms with E-state index < -0.39 is 11.5 Å². The van der Waals surface area contributed by atoms with E-state index in [1.165, 1.54) is 13.0 Å². The van der Waals surface area contributed by atoms with Gasteiger partial charge in [-0.1, -0.05) is 0 Å². The fourth-order valence-corrected chi connectivity index (χ4v) is 0.314. The highest BCUT2D eigenvalue weighted by Crippen LogP contribution is 1.95. The highest BCUT2D eigenvalue weighted by Gasteiger charge is 2.05. The molecule has 0 aromatic rings. The van der Waals surface area contributed by atoms with E-state index in [1.54, 1.807) is 0 Å². The molecule has 1 amide bonds. The van der Waals surface area contributed by atoms with Gasteiger partial charge in [0.05, 0.1) is 0 Å². The topological polar surface area (TPSA) is 87.1 Å². The van der Waals surface area contributed by atoms with Crippen LogP contribution in [-0.2, 0) is 4.79 Å². The summed E-state index contributed by atoms with van der Waals surface area (Å²) in [5, 5.41) is 16.6. The minimum absolute atomic E-state index is 0.343. The lowest BCUT2D eigenvalue weighted by atomic mass is 10.2. The molecule has 48 valence electrons. The molecule has 0 radical (unpaired) electrons. The number of nitriles is 1. The quantitative estimate of drug-likeness (QED) is 0.290. The Morgan fingerprint density at radius 1 is 1.78 bits per heavy atom. The summed E-state index contributed by atoms with van der Waals surface area (Å²) in [5.41, 5.74) is 4.28. The number of hydrogen-bond acceptors (Lipinski definition) is 3. The third-order valence-corrected chi connectivity index (χ3v) is 0.720. The Morgan fingerprint density at radius 2 is 2.22 bits per heavy atom. The summed E-state index contributed by atoms with van der Waals surface area (Å²) in [6.45, 7) is 1.23. The number of primary amides is 1. The summed E-state index contributed by atoms with van der Waals surface area (Å²) in [7, 11) is 0. The van der Waals surface area contributed by atoms with Crippen LogP contribution < -0.4 is 5.73 Å². The molecule has 3 N–H and O–H groups in total. The molecule has 0 saturated heterocycles. The lowest BCUT2D eigenvalue weighted by Crippen LogP contribution is -2.14. The SMILES string of the molecule is CC(O)=C(C#N)C(N)=O. The Balaban J connectivity index is 4.62. The normalized spacial score (nSPS) is 11.6. The van der Waals surface area contributed by atoms with Gasteiger partial charge < -0.3 is 10.8 Å². The first-order valence-electron chi connectivity index (χ1n) is 2.19. The molecule has 0 aliphatic carbocycles. The second-order valence-electron chi connectivity index (χ2n) is 1.44. The van der Waals surface area contributed by atoms with E-state index in [0.717, 1.165) is 0 Å². The van der Waals surface area contributed by atoms with Crippen molar-refractivity contribution in [3.05, 3.63) is 11.3 Å². The molecule has 0 fully saturated rings. The van der Waals surface area contributed by atoms with Crippen LogP contribution in [0.15, 0.2) is 11.3 Å². The number of hydrogen-bond donors (Lipinski definition) is 2. The largest absolute Gasteiger partial charge is 0.511 e. The van der Waals surface area contributed by atoms with Crippen LogP contribution >= 0.6 is 0 Å². The van der Waals surface area contributed by atoms with Gasteiger partial charge in [-0.25, -0.2) is 0 Å². The smallest absolute Gasteiger partial charge is 0.262 e. The van der Waals surface area contributed by atoms with Crippen LogP contribution in [0.1, 0.15) is 6.92 Å². The summed E-state index contributed by atoms with van der Waals surface area (Å²) in [4.78, 5) is 10.2. The van der Waals surface area contributed by atoms with Gasteiger partial charge in [-0.3, -0.25) is 4.79 Å². The number of carbonyl (C=O) groups is 1. The summed E-state index contributed by atoms with van der Waals surface area (Å²) >= 11 is 0. The Morgan fingerprint density at radius 3 is 2.22 bits per heavy atom. The highest BCUT2D eigenvalue weighted by molar-refractivity contribution is 5.96. The maximum absolute atomic E-state index is 10.2. The van der Waals surface area contributed by atoms with Crippen LogP contribution in [0.5, 0.6) is 0 Å². The van der Waals surface area contributed by atoms with Gasteiger partial charge in [0.2, 0.25) is 0 Å². The molecule has 0 aromatic carbocycles. The number of allylic oxidation sites excluding steroid dienone is 1. The predicted octanol–water partition coefficient (Wildman–Crippen LogP) is -0.173. The van der Waals surface area contributed by atoms with Crippen molar-refractivity contribution >= 4 is 5.91 Å². The van der Waals surface area contributed by atoms with Crippen molar-refractivity contribution in [2.45, 2.75) is 6.92 Å². The molecule has 0 bridgehead atoms. The Kier molecular flexibility index (Phi) is 2.27. The molecular formula is C5H6N2O2. The first-order chi connectivity index (χ1) is 4.09. The molecule has 0 heterocycles.